The van der Waals surface area contributed by atoms with Gasteiger partial charge in [0, 0.05) is 22.5 Å². The normalized spacial score (nSPS) is 18.6. The van der Waals surface area contributed by atoms with Crippen LogP contribution < -0.4 is 0 Å². The largest absolute Gasteiger partial charge is 0.295 e. The summed E-state index contributed by atoms with van der Waals surface area (Å²) in [6.45, 7) is -0.273. The molecule has 0 saturated heterocycles. The molecule has 1 aliphatic rings. The smallest absolute Gasteiger partial charge is 0.229 e. The van der Waals surface area contributed by atoms with Gasteiger partial charge in [0.25, 0.3) is 0 Å². The quantitative estimate of drug-likeness (QED) is 0.467. The van der Waals surface area contributed by atoms with Gasteiger partial charge < -0.3 is 0 Å². The molecule has 1 saturated carbocycles. The van der Waals surface area contributed by atoms with Crippen molar-refractivity contribution in [3.8, 4) is 0 Å². The predicted molar refractivity (Wildman–Crippen MR) is 68.7 cm³/mol. The number of nitro groups is 1. The minimum atomic E-state index is -0.364. The summed E-state index contributed by atoms with van der Waals surface area (Å²) in [4.78, 5) is 22.3. The van der Waals surface area contributed by atoms with E-state index in [9.17, 15) is 14.9 Å². The highest BCUT2D eigenvalue weighted by molar-refractivity contribution is 6.03. The fourth-order valence-corrected chi connectivity index (χ4v) is 2.33. The summed E-state index contributed by atoms with van der Waals surface area (Å²) in [5.41, 5.74) is 2.04. The van der Waals surface area contributed by atoms with E-state index < -0.39 is 0 Å². The molecule has 0 atom stereocenters. The lowest BCUT2D eigenvalue weighted by Crippen LogP contribution is -2.15. The first-order chi connectivity index (χ1) is 8.68. The highest BCUT2D eigenvalue weighted by Gasteiger charge is 2.22. The Morgan fingerprint density at radius 1 is 1.17 bits per heavy atom. The second kappa shape index (κ2) is 5.58. The van der Waals surface area contributed by atoms with Crippen LogP contribution in [0.5, 0.6) is 0 Å². The fraction of sp³-hybridized carbons (Fsp3) is 0.357. The number of carbonyl (C=O) groups is 1. The number of hydrogen-bond acceptors (Lipinski definition) is 3. The van der Waals surface area contributed by atoms with Gasteiger partial charge in [-0.25, -0.2) is 0 Å². The van der Waals surface area contributed by atoms with Crippen LogP contribution in [0.3, 0.4) is 0 Å². The molecule has 0 aromatic heterocycles. The highest BCUT2D eigenvalue weighted by Crippen LogP contribution is 2.28. The number of allylic oxidation sites excluding steroid dienone is 1. The van der Waals surface area contributed by atoms with E-state index >= 15 is 0 Å². The first kappa shape index (κ1) is 12.5. The highest BCUT2D eigenvalue weighted by atomic mass is 16.6. The van der Waals surface area contributed by atoms with Gasteiger partial charge in [0.1, 0.15) is 0 Å². The Balaban J connectivity index is 2.44. The van der Waals surface area contributed by atoms with Crippen LogP contribution in [0.1, 0.15) is 31.2 Å². The van der Waals surface area contributed by atoms with Crippen molar-refractivity contribution in [1.82, 2.24) is 0 Å². The summed E-state index contributed by atoms with van der Waals surface area (Å²) < 4.78 is 0. The van der Waals surface area contributed by atoms with E-state index in [1.165, 1.54) is 0 Å². The number of ketones is 1. The molecule has 4 heteroatoms. The van der Waals surface area contributed by atoms with E-state index in [0.717, 1.165) is 18.4 Å². The third-order valence-electron chi connectivity index (χ3n) is 3.19. The third-order valence-corrected chi connectivity index (χ3v) is 3.19. The van der Waals surface area contributed by atoms with Gasteiger partial charge in [-0.15, -0.1) is 0 Å². The Bertz CT molecular complexity index is 491. The molecule has 0 bridgehead atoms. The van der Waals surface area contributed by atoms with Gasteiger partial charge in [0.15, 0.2) is 5.78 Å². The average Bonchev–Trinajstić information content (AvgIpc) is 2.38. The van der Waals surface area contributed by atoms with Crippen LogP contribution in [-0.2, 0) is 4.79 Å². The summed E-state index contributed by atoms with van der Waals surface area (Å²) in [6, 6.07) is 9.19. The number of nitrogens with zero attached hydrogens (tertiary/aromatic N) is 1. The van der Waals surface area contributed by atoms with Crippen LogP contribution in [0.2, 0.25) is 0 Å². The van der Waals surface area contributed by atoms with Gasteiger partial charge >= 0.3 is 0 Å². The van der Waals surface area contributed by atoms with Gasteiger partial charge in [-0.1, -0.05) is 30.3 Å². The van der Waals surface area contributed by atoms with Crippen molar-refractivity contribution in [1.29, 1.82) is 0 Å². The minimum Gasteiger partial charge on any atom is -0.295 e. The maximum Gasteiger partial charge on any atom is 0.229 e. The molecule has 0 amide bonds. The first-order valence-electron chi connectivity index (χ1n) is 6.11. The fourth-order valence-electron chi connectivity index (χ4n) is 2.33. The average molecular weight is 245 g/mol. The van der Waals surface area contributed by atoms with Crippen LogP contribution in [0, 0.1) is 10.1 Å². The molecule has 0 unspecified atom stereocenters. The van der Waals surface area contributed by atoms with Crippen LogP contribution in [0.4, 0.5) is 0 Å². The molecular weight excluding hydrogens is 230 g/mol. The Labute approximate surface area is 105 Å². The molecule has 0 N–H and O–H groups in total. The van der Waals surface area contributed by atoms with E-state index in [-0.39, 0.29) is 17.3 Å². The zero-order valence-electron chi connectivity index (χ0n) is 10.1. The summed E-state index contributed by atoms with van der Waals surface area (Å²) in [7, 11) is 0. The SMILES string of the molecule is O=C1CCCC/C1=C(\C[N+](=O)[O-])c1ccccc1. The van der Waals surface area contributed by atoms with Gasteiger partial charge in [0.2, 0.25) is 6.54 Å². The molecular formula is C14H15NO3. The molecule has 0 spiro atoms. The van der Waals surface area contributed by atoms with Crippen LogP contribution in [-0.4, -0.2) is 17.3 Å². The van der Waals surface area contributed by atoms with Crippen molar-refractivity contribution >= 4 is 11.4 Å². The number of hydrogen-bond donors (Lipinski definition) is 0. The topological polar surface area (TPSA) is 60.2 Å². The molecule has 0 radical (unpaired) electrons. The Hall–Kier alpha value is -1.97. The maximum atomic E-state index is 11.9. The molecule has 1 aromatic rings. The number of benzene rings is 1. The summed E-state index contributed by atoms with van der Waals surface area (Å²) >= 11 is 0. The van der Waals surface area contributed by atoms with E-state index in [1.54, 1.807) is 0 Å². The van der Waals surface area contributed by atoms with E-state index in [1.807, 2.05) is 30.3 Å². The van der Waals surface area contributed by atoms with Crippen molar-refractivity contribution in [3.63, 3.8) is 0 Å². The zero-order valence-corrected chi connectivity index (χ0v) is 10.1. The molecule has 1 aliphatic carbocycles. The predicted octanol–water partition coefficient (Wildman–Crippen LogP) is 2.86. The van der Waals surface area contributed by atoms with Crippen molar-refractivity contribution in [2.45, 2.75) is 25.7 Å². The van der Waals surface area contributed by atoms with Crippen LogP contribution >= 0.6 is 0 Å². The van der Waals surface area contributed by atoms with E-state index in [0.29, 0.717) is 24.0 Å². The van der Waals surface area contributed by atoms with Crippen LogP contribution in [0.15, 0.2) is 35.9 Å². The van der Waals surface area contributed by atoms with Crippen molar-refractivity contribution in [2.24, 2.45) is 0 Å². The number of Topliss-reactive ketones (excluding diaryl/α,β-unsaturated/α-hetero) is 1. The summed E-state index contributed by atoms with van der Waals surface area (Å²) in [5, 5.41) is 10.8. The number of rotatable bonds is 3. The van der Waals surface area contributed by atoms with Crippen molar-refractivity contribution in [2.75, 3.05) is 6.54 Å². The minimum absolute atomic E-state index is 0.0713. The van der Waals surface area contributed by atoms with E-state index in [2.05, 4.69) is 0 Å². The summed E-state index contributed by atoms with van der Waals surface area (Å²) in [6.07, 6.45) is 3.01. The molecule has 94 valence electrons. The lowest BCUT2D eigenvalue weighted by molar-refractivity contribution is -0.465. The second-order valence-corrected chi connectivity index (χ2v) is 4.44. The molecule has 2 rings (SSSR count). The van der Waals surface area contributed by atoms with Gasteiger partial charge in [0.05, 0.1) is 0 Å². The Morgan fingerprint density at radius 3 is 2.44 bits per heavy atom. The molecule has 0 heterocycles. The van der Waals surface area contributed by atoms with Crippen molar-refractivity contribution < 1.29 is 9.72 Å². The monoisotopic (exact) mass is 245 g/mol. The summed E-state index contributed by atoms with van der Waals surface area (Å²) in [5.74, 6) is 0.0713. The Morgan fingerprint density at radius 2 is 1.83 bits per heavy atom. The van der Waals surface area contributed by atoms with E-state index in [4.69, 9.17) is 0 Å². The number of carbonyl (C=O) groups excluding carboxylic acids is 1. The van der Waals surface area contributed by atoms with Gasteiger partial charge in [-0.2, -0.15) is 0 Å². The molecule has 1 fully saturated rings. The molecule has 4 nitrogen and oxygen atoms in total. The molecule has 0 aliphatic heterocycles. The first-order valence-corrected chi connectivity index (χ1v) is 6.11. The third kappa shape index (κ3) is 2.83. The Kier molecular flexibility index (Phi) is 3.87. The standard InChI is InChI=1S/C14H15NO3/c16-14-9-5-4-8-12(14)13(10-15(17)18)11-6-2-1-3-7-11/h1-3,6-7H,4-5,8-10H2/b13-12-. The molecule has 1 aromatic carbocycles. The zero-order chi connectivity index (χ0) is 13.0. The maximum absolute atomic E-state index is 11.9. The van der Waals surface area contributed by atoms with Gasteiger partial charge in [-0.3, -0.25) is 14.9 Å². The van der Waals surface area contributed by atoms with Crippen LogP contribution in [0.25, 0.3) is 5.57 Å². The molecule has 18 heavy (non-hydrogen) atoms. The second-order valence-electron chi connectivity index (χ2n) is 4.44. The lowest BCUT2D eigenvalue weighted by atomic mass is 9.87. The van der Waals surface area contributed by atoms with Crippen molar-refractivity contribution in [3.05, 3.63) is 51.6 Å². The van der Waals surface area contributed by atoms with Gasteiger partial charge in [-0.05, 0) is 24.8 Å². The lowest BCUT2D eigenvalue weighted by Gasteiger charge is -2.16.